The molecule has 0 aromatic carbocycles. The Morgan fingerprint density at radius 2 is 2.71 bits per heavy atom. The van der Waals surface area contributed by atoms with Gasteiger partial charge < -0.3 is 0 Å². The first-order chi connectivity index (χ1) is 3.43. The van der Waals surface area contributed by atoms with Gasteiger partial charge in [-0.05, 0) is 0 Å². The van der Waals surface area contributed by atoms with Gasteiger partial charge in [-0.15, -0.1) is 11.3 Å². The maximum absolute atomic E-state index is 3.86. The predicted molar refractivity (Wildman–Crippen MR) is 36.5 cm³/mol. The van der Waals surface area contributed by atoms with Crippen molar-refractivity contribution < 1.29 is 0 Å². The lowest BCUT2D eigenvalue weighted by Gasteiger charge is -1.70. The first-order valence-corrected chi connectivity index (χ1v) is 3.74. The molecule has 0 atom stereocenters. The van der Waals surface area contributed by atoms with E-state index in [9.17, 15) is 0 Å². The number of hydrogen-bond donors (Lipinski definition) is 1. The Balaban J connectivity index is 2.96. The zero-order chi connectivity index (χ0) is 5.11. The lowest BCUT2D eigenvalue weighted by Crippen LogP contribution is -1.45. The summed E-state index contributed by atoms with van der Waals surface area (Å²) in [5, 5.41) is 0. The van der Waals surface area contributed by atoms with Gasteiger partial charge in [0.1, 0.15) is 0 Å². The minimum Gasteiger partial charge on any atom is -0.252 e. The number of nitrogens with zero attached hydrogens (tertiary/aromatic N) is 1. The topological polar surface area (TPSA) is 12.9 Å². The van der Waals surface area contributed by atoms with Crippen LogP contribution in [0.2, 0.25) is 0 Å². The van der Waals surface area contributed by atoms with Crippen LogP contribution in [-0.2, 0) is 0 Å². The number of aromatic nitrogens is 1. The molecule has 3 heteroatoms. The van der Waals surface area contributed by atoms with Crippen molar-refractivity contribution in [2.45, 2.75) is 4.21 Å². The third-order valence-corrected chi connectivity index (χ3v) is 2.28. The molecule has 0 radical (unpaired) electrons. The van der Waals surface area contributed by atoms with Gasteiger partial charge in [0.25, 0.3) is 0 Å². The van der Waals surface area contributed by atoms with Gasteiger partial charge >= 0.3 is 0 Å². The Morgan fingerprint density at radius 1 is 1.86 bits per heavy atom. The average molecular weight is 131 g/mol. The van der Waals surface area contributed by atoms with Crippen molar-refractivity contribution in [2.24, 2.45) is 0 Å². The van der Waals surface area contributed by atoms with Crippen LogP contribution in [0, 0.1) is 0 Å². The molecule has 0 saturated heterocycles. The van der Waals surface area contributed by atoms with Gasteiger partial charge in [-0.3, -0.25) is 4.98 Å². The molecule has 0 bridgehead atoms. The minimum absolute atomic E-state index is 1.07. The van der Waals surface area contributed by atoms with Crippen molar-refractivity contribution >= 4 is 28.6 Å². The SMILES string of the molecule is C=[SH]c1cncs1. The molecule has 0 aliphatic heterocycles. The Morgan fingerprint density at radius 3 is 3.00 bits per heavy atom. The van der Waals surface area contributed by atoms with Gasteiger partial charge in [0.2, 0.25) is 0 Å². The van der Waals surface area contributed by atoms with Gasteiger partial charge in [-0.25, -0.2) is 0 Å². The van der Waals surface area contributed by atoms with Crippen LogP contribution in [0.5, 0.6) is 0 Å². The Labute approximate surface area is 50.0 Å². The van der Waals surface area contributed by atoms with Gasteiger partial charge in [-0.1, -0.05) is 5.87 Å². The number of thiol groups is 1. The van der Waals surface area contributed by atoms with Crippen LogP contribution in [0.15, 0.2) is 15.9 Å². The van der Waals surface area contributed by atoms with E-state index in [-0.39, 0.29) is 0 Å². The summed E-state index contributed by atoms with van der Waals surface area (Å²) < 4.78 is 1.22. The summed E-state index contributed by atoms with van der Waals surface area (Å²) >= 11 is 2.71. The van der Waals surface area contributed by atoms with Crippen LogP contribution >= 0.6 is 22.7 Å². The van der Waals surface area contributed by atoms with Crippen LogP contribution in [0.25, 0.3) is 0 Å². The van der Waals surface area contributed by atoms with Crippen LogP contribution in [0.1, 0.15) is 0 Å². The van der Waals surface area contributed by atoms with Crippen LogP contribution in [0.4, 0.5) is 0 Å². The molecule has 0 amide bonds. The van der Waals surface area contributed by atoms with Gasteiger partial charge in [0.15, 0.2) is 0 Å². The van der Waals surface area contributed by atoms with E-state index >= 15 is 0 Å². The molecule has 0 spiro atoms. The number of rotatable bonds is 1. The molecule has 1 heterocycles. The lowest BCUT2D eigenvalue weighted by atomic mass is 11.0. The second-order valence-corrected chi connectivity index (χ2v) is 2.98. The van der Waals surface area contributed by atoms with Crippen molar-refractivity contribution in [3.05, 3.63) is 11.7 Å². The summed E-state index contributed by atoms with van der Waals surface area (Å²) in [6.45, 7) is 0. The maximum Gasteiger partial charge on any atom is 0.0803 e. The molecule has 0 aliphatic carbocycles. The van der Waals surface area contributed by atoms with Crippen LogP contribution in [-0.4, -0.2) is 10.9 Å². The third kappa shape index (κ3) is 1.11. The Hall–Kier alpha value is -0.150. The smallest absolute Gasteiger partial charge is 0.0803 e. The highest BCUT2D eigenvalue weighted by Crippen LogP contribution is 2.12. The number of hydrogen-bond acceptors (Lipinski definition) is 2. The van der Waals surface area contributed by atoms with E-state index in [1.165, 1.54) is 4.21 Å². The van der Waals surface area contributed by atoms with Crippen molar-refractivity contribution in [1.29, 1.82) is 0 Å². The van der Waals surface area contributed by atoms with Crippen molar-refractivity contribution in [2.75, 3.05) is 0 Å². The predicted octanol–water partition coefficient (Wildman–Crippen LogP) is 1.40. The summed E-state index contributed by atoms with van der Waals surface area (Å²) in [6, 6.07) is 0. The minimum atomic E-state index is 1.07. The molecule has 7 heavy (non-hydrogen) atoms. The fourth-order valence-electron chi connectivity index (χ4n) is 0.287. The standard InChI is InChI=1S/C4H5NS2/c1-6-4-2-5-3-7-4/h2-3,6H,1H2. The van der Waals surface area contributed by atoms with Crippen molar-refractivity contribution in [3.63, 3.8) is 0 Å². The van der Waals surface area contributed by atoms with E-state index in [1.54, 1.807) is 11.3 Å². The second kappa shape index (κ2) is 2.23. The van der Waals surface area contributed by atoms with E-state index in [2.05, 4.69) is 10.9 Å². The molecule has 1 nitrogen and oxygen atoms in total. The fraction of sp³-hybridized carbons (Fsp3) is 0. The van der Waals surface area contributed by atoms with Crippen molar-refractivity contribution in [1.82, 2.24) is 4.98 Å². The van der Waals surface area contributed by atoms with E-state index < -0.39 is 0 Å². The zero-order valence-corrected chi connectivity index (χ0v) is 5.38. The third-order valence-electron chi connectivity index (χ3n) is 0.575. The highest BCUT2D eigenvalue weighted by atomic mass is 32.2. The van der Waals surface area contributed by atoms with Gasteiger partial charge in [0, 0.05) is 0 Å². The zero-order valence-electron chi connectivity index (χ0n) is 3.66. The van der Waals surface area contributed by atoms with Crippen LogP contribution in [0.3, 0.4) is 0 Å². The maximum atomic E-state index is 3.86. The second-order valence-electron chi connectivity index (χ2n) is 0.998. The van der Waals surface area contributed by atoms with E-state index in [0.29, 0.717) is 0 Å². The van der Waals surface area contributed by atoms with E-state index in [1.807, 2.05) is 11.7 Å². The Bertz CT molecular complexity index is 145. The van der Waals surface area contributed by atoms with Gasteiger partial charge in [-0.2, -0.15) is 11.4 Å². The number of thiazole rings is 1. The first kappa shape index (κ1) is 5.00. The molecule has 38 valence electrons. The molecule has 1 aromatic rings. The largest absolute Gasteiger partial charge is 0.252 e. The summed E-state index contributed by atoms with van der Waals surface area (Å²) in [4.78, 5) is 3.86. The van der Waals surface area contributed by atoms with E-state index in [4.69, 9.17) is 0 Å². The normalized spacial score (nSPS) is 9.14. The summed E-state index contributed by atoms with van der Waals surface area (Å²) in [7, 11) is 0. The first-order valence-electron chi connectivity index (χ1n) is 1.78. The molecule has 0 fully saturated rings. The fourth-order valence-corrected chi connectivity index (χ4v) is 1.23. The average Bonchev–Trinajstić information content (AvgIpc) is 2.14. The van der Waals surface area contributed by atoms with Gasteiger partial charge in [0.05, 0.1) is 15.9 Å². The summed E-state index contributed by atoms with van der Waals surface area (Å²) in [5.74, 6) is 3.67. The molecule has 1 rings (SSSR count). The van der Waals surface area contributed by atoms with E-state index in [0.717, 1.165) is 11.4 Å². The molecular formula is C4H5NS2. The molecule has 0 saturated carbocycles. The highest BCUT2D eigenvalue weighted by Gasteiger charge is 1.79. The molecule has 0 unspecified atom stereocenters. The quantitative estimate of drug-likeness (QED) is 0.449. The van der Waals surface area contributed by atoms with Crippen LogP contribution < -0.4 is 0 Å². The summed E-state index contributed by atoms with van der Waals surface area (Å²) in [5.41, 5.74) is 1.81. The monoisotopic (exact) mass is 131 g/mol. The molecule has 0 N–H and O–H groups in total. The Kier molecular flexibility index (Phi) is 1.59. The highest BCUT2D eigenvalue weighted by molar-refractivity contribution is 7.98. The molecular weight excluding hydrogens is 126 g/mol. The lowest BCUT2D eigenvalue weighted by molar-refractivity contribution is 1.38. The molecule has 1 aromatic heterocycles. The van der Waals surface area contributed by atoms with Crippen molar-refractivity contribution in [3.8, 4) is 0 Å². The molecule has 0 aliphatic rings. The summed E-state index contributed by atoms with van der Waals surface area (Å²) in [6.07, 6.45) is 1.83.